The summed E-state index contributed by atoms with van der Waals surface area (Å²) in [6.45, 7) is 0. The predicted octanol–water partition coefficient (Wildman–Crippen LogP) is 3.59. The summed E-state index contributed by atoms with van der Waals surface area (Å²) in [5.74, 6) is 0.0752. The number of carbonyl (C=O) groups excluding carboxylic acids is 1. The van der Waals surface area contributed by atoms with Gasteiger partial charge in [-0.1, -0.05) is 60.7 Å². The van der Waals surface area contributed by atoms with Gasteiger partial charge in [-0.05, 0) is 12.2 Å². The van der Waals surface area contributed by atoms with Crippen LogP contribution in [0.1, 0.15) is 15.9 Å². The molecule has 0 aliphatic heterocycles. The van der Waals surface area contributed by atoms with Crippen molar-refractivity contribution < 1.29 is 4.79 Å². The lowest BCUT2D eigenvalue weighted by molar-refractivity contribution is 0.103. The molecule has 0 aliphatic carbocycles. The molecule has 0 bridgehead atoms. The fraction of sp³-hybridized carbons (Fsp3) is 0. The van der Waals surface area contributed by atoms with Gasteiger partial charge in [0.05, 0.1) is 5.16 Å². The Bertz CT molecular complexity index is 461. The van der Waals surface area contributed by atoms with E-state index in [-0.39, 0.29) is 5.78 Å². The molecular formula is C14H11NOS. The predicted molar refractivity (Wildman–Crippen MR) is 71.6 cm³/mol. The van der Waals surface area contributed by atoms with E-state index in [1.807, 2.05) is 60.7 Å². The van der Waals surface area contributed by atoms with Crippen LogP contribution in [0.25, 0.3) is 0 Å². The number of nitrogens with one attached hydrogen (secondary N) is 1. The zero-order chi connectivity index (χ0) is 12.5. The molecule has 0 aliphatic rings. The lowest BCUT2D eigenvalue weighted by atomic mass is 10.0. The topological polar surface area (TPSA) is 40.9 Å². The van der Waals surface area contributed by atoms with E-state index in [2.05, 4.69) is 12.2 Å². The fourth-order valence-electron chi connectivity index (χ4n) is 1.35. The Morgan fingerprint density at radius 1 is 0.882 bits per heavy atom. The van der Waals surface area contributed by atoms with Crippen molar-refractivity contribution in [3.63, 3.8) is 0 Å². The van der Waals surface area contributed by atoms with Crippen molar-refractivity contribution in [3.05, 3.63) is 71.8 Å². The Balaban J connectivity index is 0.000000437. The summed E-state index contributed by atoms with van der Waals surface area (Å²) in [7, 11) is 0. The van der Waals surface area contributed by atoms with E-state index in [4.69, 9.17) is 5.41 Å². The van der Waals surface area contributed by atoms with Crippen LogP contribution in [0.4, 0.5) is 0 Å². The number of thiocarbonyl (C=S) groups is 1. The van der Waals surface area contributed by atoms with Crippen molar-refractivity contribution in [2.24, 2.45) is 0 Å². The quantitative estimate of drug-likeness (QED) is 0.496. The Labute approximate surface area is 105 Å². The third-order valence-electron chi connectivity index (χ3n) is 2.07. The fourth-order valence-corrected chi connectivity index (χ4v) is 1.35. The Morgan fingerprint density at radius 3 is 1.47 bits per heavy atom. The highest BCUT2D eigenvalue weighted by atomic mass is 32.1. The molecule has 0 unspecified atom stereocenters. The second-order valence-electron chi connectivity index (χ2n) is 3.16. The zero-order valence-corrected chi connectivity index (χ0v) is 9.91. The van der Waals surface area contributed by atoms with E-state index in [0.717, 1.165) is 11.1 Å². The molecule has 0 saturated heterocycles. The minimum Gasteiger partial charge on any atom is -0.289 e. The first-order valence-corrected chi connectivity index (χ1v) is 5.39. The number of hydrogen-bond acceptors (Lipinski definition) is 3. The molecule has 3 heteroatoms. The van der Waals surface area contributed by atoms with Crippen LogP contribution in [0, 0.1) is 5.41 Å². The molecule has 84 valence electrons. The van der Waals surface area contributed by atoms with E-state index < -0.39 is 0 Å². The van der Waals surface area contributed by atoms with Gasteiger partial charge in [0.2, 0.25) is 0 Å². The number of carbonyl (C=O) groups is 1. The Morgan fingerprint density at radius 2 is 1.18 bits per heavy atom. The maximum atomic E-state index is 11.8. The molecule has 0 amide bonds. The monoisotopic (exact) mass is 241 g/mol. The van der Waals surface area contributed by atoms with E-state index in [1.165, 1.54) is 0 Å². The summed E-state index contributed by atoms with van der Waals surface area (Å²) < 4.78 is 0. The Hall–Kier alpha value is -2.09. The van der Waals surface area contributed by atoms with Crippen molar-refractivity contribution in [2.45, 2.75) is 0 Å². The largest absolute Gasteiger partial charge is 0.289 e. The van der Waals surface area contributed by atoms with Gasteiger partial charge in [0, 0.05) is 11.1 Å². The van der Waals surface area contributed by atoms with Crippen molar-refractivity contribution in [1.82, 2.24) is 0 Å². The smallest absolute Gasteiger partial charge is 0.193 e. The molecule has 0 fully saturated rings. The first-order valence-electron chi connectivity index (χ1n) is 4.98. The highest BCUT2D eigenvalue weighted by Crippen LogP contribution is 2.08. The lowest BCUT2D eigenvalue weighted by Gasteiger charge is -1.99. The molecule has 0 atom stereocenters. The van der Waals surface area contributed by atoms with E-state index in [1.54, 1.807) is 5.16 Å². The molecule has 2 aromatic rings. The first kappa shape index (κ1) is 13.0. The Kier molecular flexibility index (Phi) is 5.52. The first-order chi connectivity index (χ1) is 8.29. The average Bonchev–Trinajstić information content (AvgIpc) is 2.41. The van der Waals surface area contributed by atoms with E-state index in [0.29, 0.717) is 0 Å². The second kappa shape index (κ2) is 7.23. The molecule has 0 saturated carbocycles. The van der Waals surface area contributed by atoms with Crippen LogP contribution < -0.4 is 0 Å². The molecule has 0 aromatic heterocycles. The van der Waals surface area contributed by atoms with Crippen LogP contribution in [0.15, 0.2) is 60.7 Å². The number of rotatable bonds is 2. The van der Waals surface area contributed by atoms with Gasteiger partial charge >= 0.3 is 0 Å². The van der Waals surface area contributed by atoms with Gasteiger partial charge in [0.15, 0.2) is 5.78 Å². The van der Waals surface area contributed by atoms with Crippen molar-refractivity contribution in [2.75, 3.05) is 0 Å². The van der Waals surface area contributed by atoms with Gasteiger partial charge in [-0.3, -0.25) is 4.79 Å². The summed E-state index contributed by atoms with van der Waals surface area (Å²) in [5, 5.41) is 7.36. The summed E-state index contributed by atoms with van der Waals surface area (Å²) in [6, 6.07) is 18.6. The number of hydrogen-bond donors (Lipinski definition) is 1. The lowest BCUT2D eigenvalue weighted by Crippen LogP contribution is -1.99. The third kappa shape index (κ3) is 4.11. The molecule has 17 heavy (non-hydrogen) atoms. The normalized spacial score (nSPS) is 8.47. The molecule has 2 aromatic carbocycles. The van der Waals surface area contributed by atoms with Gasteiger partial charge in [0.25, 0.3) is 0 Å². The maximum Gasteiger partial charge on any atom is 0.193 e. The summed E-state index contributed by atoms with van der Waals surface area (Å²) >= 11 is 3.81. The molecule has 0 radical (unpaired) electrons. The number of benzene rings is 2. The SMILES string of the molecule is N=C=S.O=C(c1ccccc1)c1ccccc1. The molecule has 0 heterocycles. The van der Waals surface area contributed by atoms with Gasteiger partial charge < -0.3 is 0 Å². The minimum atomic E-state index is 0.0752. The molecular weight excluding hydrogens is 230 g/mol. The molecule has 2 nitrogen and oxygen atoms in total. The number of isothiocyanates is 1. The van der Waals surface area contributed by atoms with Crippen molar-refractivity contribution >= 4 is 23.2 Å². The maximum absolute atomic E-state index is 11.8. The van der Waals surface area contributed by atoms with Crippen LogP contribution >= 0.6 is 12.2 Å². The summed E-state index contributed by atoms with van der Waals surface area (Å²) in [5.41, 5.74) is 1.47. The van der Waals surface area contributed by atoms with Gasteiger partial charge in [-0.2, -0.15) is 0 Å². The average molecular weight is 241 g/mol. The van der Waals surface area contributed by atoms with Crippen LogP contribution in [-0.4, -0.2) is 10.9 Å². The van der Waals surface area contributed by atoms with Crippen LogP contribution in [-0.2, 0) is 0 Å². The standard InChI is InChI=1S/C13H10O.CHNS/c14-13(11-7-3-1-4-8-11)12-9-5-2-6-10-12;2-1-3/h1-10H;2H. The van der Waals surface area contributed by atoms with E-state index in [9.17, 15) is 4.79 Å². The summed E-state index contributed by atoms with van der Waals surface area (Å²) in [6.07, 6.45) is 0. The van der Waals surface area contributed by atoms with Gasteiger partial charge in [-0.15, -0.1) is 0 Å². The van der Waals surface area contributed by atoms with Crippen LogP contribution in [0.5, 0.6) is 0 Å². The zero-order valence-electron chi connectivity index (χ0n) is 9.09. The van der Waals surface area contributed by atoms with Crippen molar-refractivity contribution in [3.8, 4) is 0 Å². The highest BCUT2D eigenvalue weighted by Gasteiger charge is 2.06. The second-order valence-corrected chi connectivity index (χ2v) is 3.37. The van der Waals surface area contributed by atoms with Crippen molar-refractivity contribution in [1.29, 1.82) is 5.41 Å². The number of ketones is 1. The molecule has 1 N–H and O–H groups in total. The summed E-state index contributed by atoms with van der Waals surface area (Å²) in [4.78, 5) is 11.8. The van der Waals surface area contributed by atoms with Crippen LogP contribution in [0.2, 0.25) is 0 Å². The highest BCUT2D eigenvalue weighted by molar-refractivity contribution is 7.78. The minimum absolute atomic E-state index is 0.0752. The van der Waals surface area contributed by atoms with Gasteiger partial charge in [-0.25, -0.2) is 5.41 Å². The third-order valence-corrected chi connectivity index (χ3v) is 2.07. The van der Waals surface area contributed by atoms with Crippen LogP contribution in [0.3, 0.4) is 0 Å². The molecule has 2 rings (SSSR count). The van der Waals surface area contributed by atoms with E-state index >= 15 is 0 Å². The van der Waals surface area contributed by atoms with Gasteiger partial charge in [0.1, 0.15) is 0 Å². The molecule has 0 spiro atoms.